The summed E-state index contributed by atoms with van der Waals surface area (Å²) in [4.78, 5) is 16.4. The molecule has 6 heteroatoms. The highest BCUT2D eigenvalue weighted by Gasteiger charge is 2.11. The number of methoxy groups -OCH3 is 2. The predicted octanol–water partition coefficient (Wildman–Crippen LogP) is 0.712. The summed E-state index contributed by atoms with van der Waals surface area (Å²) in [5.74, 6) is 5.85. The highest BCUT2D eigenvalue weighted by molar-refractivity contribution is 5.94. The van der Waals surface area contributed by atoms with E-state index in [1.807, 2.05) is 0 Å². The van der Waals surface area contributed by atoms with Crippen LogP contribution in [0, 0.1) is 0 Å². The Bertz CT molecular complexity index is 409. The lowest BCUT2D eigenvalue weighted by molar-refractivity contribution is 0.0622. The van der Waals surface area contributed by atoms with Gasteiger partial charge in [0.25, 0.3) is 5.91 Å². The van der Waals surface area contributed by atoms with Gasteiger partial charge >= 0.3 is 0 Å². The average Bonchev–Trinajstić information content (AvgIpc) is 2.43. The summed E-state index contributed by atoms with van der Waals surface area (Å²) in [6, 6.07) is 4.95. The van der Waals surface area contributed by atoms with E-state index < -0.39 is 0 Å². The minimum absolute atomic E-state index is 0.222. The van der Waals surface area contributed by atoms with E-state index in [9.17, 15) is 4.79 Å². The topological polar surface area (TPSA) is 82.8 Å². The van der Waals surface area contributed by atoms with Crippen molar-refractivity contribution in [3.63, 3.8) is 0 Å². The van der Waals surface area contributed by atoms with Crippen molar-refractivity contribution in [1.82, 2.24) is 5.32 Å². The minimum atomic E-state index is -0.242. The molecule has 0 saturated heterocycles. The van der Waals surface area contributed by atoms with Crippen LogP contribution in [0.15, 0.2) is 18.2 Å². The van der Waals surface area contributed by atoms with E-state index in [2.05, 4.69) is 10.2 Å². The van der Waals surface area contributed by atoms with Gasteiger partial charge in [0.15, 0.2) is 11.5 Å². The molecule has 0 spiro atoms. The van der Waals surface area contributed by atoms with E-state index in [4.69, 9.17) is 15.4 Å². The summed E-state index contributed by atoms with van der Waals surface area (Å²) in [6.07, 6.45) is -0.242. The first-order chi connectivity index (χ1) is 8.62. The molecule has 0 aliphatic rings. The molecule has 1 rings (SSSR count). The zero-order valence-electron chi connectivity index (χ0n) is 10.7. The number of amides is 1. The molecule has 1 atom stereocenters. The second-order valence-corrected chi connectivity index (χ2v) is 3.73. The lowest BCUT2D eigenvalue weighted by Crippen LogP contribution is -2.33. The quantitative estimate of drug-likeness (QED) is 0.731. The van der Waals surface area contributed by atoms with Crippen molar-refractivity contribution in [1.29, 1.82) is 0 Å². The fourth-order valence-corrected chi connectivity index (χ4v) is 1.36. The van der Waals surface area contributed by atoms with Gasteiger partial charge in [-0.05, 0) is 25.1 Å². The van der Waals surface area contributed by atoms with Crippen LogP contribution < -0.4 is 20.7 Å². The summed E-state index contributed by atoms with van der Waals surface area (Å²) < 4.78 is 10.2. The van der Waals surface area contributed by atoms with Gasteiger partial charge < -0.3 is 14.8 Å². The standard InChI is InChI=1S/C12H18N2O4/c1-8(18-13)7-14-12(15)9-4-5-10(16-2)11(6-9)17-3/h4-6,8H,7,13H2,1-3H3,(H,14,15). The molecule has 1 amide bonds. The van der Waals surface area contributed by atoms with Gasteiger partial charge in [0.2, 0.25) is 0 Å². The Morgan fingerprint density at radius 3 is 2.56 bits per heavy atom. The summed E-state index contributed by atoms with van der Waals surface area (Å²) in [5, 5.41) is 2.70. The molecule has 1 unspecified atom stereocenters. The molecule has 6 nitrogen and oxygen atoms in total. The molecule has 0 aliphatic carbocycles. The van der Waals surface area contributed by atoms with Crippen LogP contribution in [0.3, 0.4) is 0 Å². The second kappa shape index (κ2) is 6.83. The van der Waals surface area contributed by atoms with E-state index in [1.165, 1.54) is 14.2 Å². The molecule has 0 bridgehead atoms. The number of hydrogen-bond acceptors (Lipinski definition) is 5. The monoisotopic (exact) mass is 254 g/mol. The first-order valence-corrected chi connectivity index (χ1v) is 5.48. The Morgan fingerprint density at radius 2 is 2.00 bits per heavy atom. The lowest BCUT2D eigenvalue weighted by atomic mass is 10.2. The van der Waals surface area contributed by atoms with Crippen molar-refractivity contribution in [2.24, 2.45) is 5.90 Å². The van der Waals surface area contributed by atoms with Crippen molar-refractivity contribution in [3.05, 3.63) is 23.8 Å². The summed E-state index contributed by atoms with van der Waals surface area (Å²) in [6.45, 7) is 2.10. The van der Waals surface area contributed by atoms with Gasteiger partial charge in [-0.3, -0.25) is 9.63 Å². The number of carbonyl (C=O) groups is 1. The van der Waals surface area contributed by atoms with Crippen LogP contribution in [0.25, 0.3) is 0 Å². The van der Waals surface area contributed by atoms with Crippen LogP contribution in [0.2, 0.25) is 0 Å². The number of nitrogens with two attached hydrogens (primary N) is 1. The van der Waals surface area contributed by atoms with Gasteiger partial charge in [-0.15, -0.1) is 0 Å². The molecular weight excluding hydrogens is 236 g/mol. The van der Waals surface area contributed by atoms with Crippen molar-refractivity contribution in [2.45, 2.75) is 13.0 Å². The van der Waals surface area contributed by atoms with Crippen molar-refractivity contribution in [3.8, 4) is 11.5 Å². The Labute approximate surface area is 106 Å². The number of carbonyl (C=O) groups excluding carboxylic acids is 1. The maximum absolute atomic E-state index is 11.8. The van der Waals surface area contributed by atoms with Gasteiger partial charge in [-0.2, -0.15) is 0 Å². The Balaban J connectivity index is 2.74. The zero-order valence-corrected chi connectivity index (χ0v) is 10.7. The summed E-state index contributed by atoms with van der Waals surface area (Å²) in [5.41, 5.74) is 0.483. The van der Waals surface area contributed by atoms with Gasteiger partial charge in [0, 0.05) is 12.1 Å². The van der Waals surface area contributed by atoms with Crippen LogP contribution in [-0.4, -0.2) is 32.8 Å². The number of benzene rings is 1. The lowest BCUT2D eigenvalue weighted by Gasteiger charge is -2.12. The van der Waals surface area contributed by atoms with E-state index in [0.717, 1.165) is 0 Å². The number of ether oxygens (including phenoxy) is 2. The van der Waals surface area contributed by atoms with E-state index in [1.54, 1.807) is 25.1 Å². The van der Waals surface area contributed by atoms with Crippen LogP contribution in [0.1, 0.15) is 17.3 Å². The Hall–Kier alpha value is -1.79. The Kier molecular flexibility index (Phi) is 5.41. The van der Waals surface area contributed by atoms with Crippen LogP contribution in [-0.2, 0) is 4.84 Å². The molecule has 0 heterocycles. The van der Waals surface area contributed by atoms with E-state index in [0.29, 0.717) is 23.6 Å². The maximum Gasteiger partial charge on any atom is 0.251 e. The molecule has 0 fully saturated rings. The smallest absolute Gasteiger partial charge is 0.251 e. The molecule has 100 valence electrons. The molecule has 0 aliphatic heterocycles. The average molecular weight is 254 g/mol. The fourth-order valence-electron chi connectivity index (χ4n) is 1.36. The maximum atomic E-state index is 11.8. The van der Waals surface area contributed by atoms with Gasteiger partial charge in [0.1, 0.15) is 0 Å². The van der Waals surface area contributed by atoms with Crippen molar-refractivity contribution < 1.29 is 19.1 Å². The van der Waals surface area contributed by atoms with Crippen molar-refractivity contribution in [2.75, 3.05) is 20.8 Å². The molecule has 0 aromatic heterocycles. The summed E-state index contributed by atoms with van der Waals surface area (Å²) >= 11 is 0. The van der Waals surface area contributed by atoms with E-state index >= 15 is 0 Å². The number of nitrogens with one attached hydrogen (secondary N) is 1. The van der Waals surface area contributed by atoms with Crippen LogP contribution >= 0.6 is 0 Å². The third-order valence-electron chi connectivity index (χ3n) is 2.43. The predicted molar refractivity (Wildman–Crippen MR) is 66.6 cm³/mol. The minimum Gasteiger partial charge on any atom is -0.493 e. The van der Waals surface area contributed by atoms with E-state index in [-0.39, 0.29) is 12.0 Å². The highest BCUT2D eigenvalue weighted by atomic mass is 16.6. The fraction of sp³-hybridized carbons (Fsp3) is 0.417. The molecular formula is C12H18N2O4. The first-order valence-electron chi connectivity index (χ1n) is 5.48. The van der Waals surface area contributed by atoms with Gasteiger partial charge in [-0.25, -0.2) is 5.90 Å². The number of rotatable bonds is 6. The van der Waals surface area contributed by atoms with Crippen LogP contribution in [0.4, 0.5) is 0 Å². The van der Waals surface area contributed by atoms with Gasteiger partial charge in [0.05, 0.1) is 20.3 Å². The number of hydrogen-bond donors (Lipinski definition) is 2. The zero-order chi connectivity index (χ0) is 13.5. The van der Waals surface area contributed by atoms with Crippen LogP contribution in [0.5, 0.6) is 11.5 Å². The molecule has 3 N–H and O–H groups in total. The third-order valence-corrected chi connectivity index (χ3v) is 2.43. The molecule has 0 saturated carbocycles. The normalized spacial score (nSPS) is 11.8. The first kappa shape index (κ1) is 14.3. The highest BCUT2D eigenvalue weighted by Crippen LogP contribution is 2.27. The largest absolute Gasteiger partial charge is 0.493 e. The SMILES string of the molecule is COc1ccc(C(=O)NCC(C)ON)cc1OC. The second-order valence-electron chi connectivity index (χ2n) is 3.73. The molecule has 1 aromatic carbocycles. The van der Waals surface area contributed by atoms with Gasteiger partial charge in [-0.1, -0.05) is 0 Å². The van der Waals surface area contributed by atoms with Crippen molar-refractivity contribution >= 4 is 5.91 Å². The molecule has 18 heavy (non-hydrogen) atoms. The summed E-state index contributed by atoms with van der Waals surface area (Å²) in [7, 11) is 3.06. The molecule has 0 radical (unpaired) electrons. The third kappa shape index (κ3) is 3.61. The Morgan fingerprint density at radius 1 is 1.33 bits per heavy atom. The molecule has 1 aromatic rings.